The van der Waals surface area contributed by atoms with Crippen molar-refractivity contribution in [2.45, 2.75) is 17.4 Å². The predicted molar refractivity (Wildman–Crippen MR) is 76.5 cm³/mol. The van der Waals surface area contributed by atoms with Gasteiger partial charge < -0.3 is 5.11 Å². The zero-order valence-corrected chi connectivity index (χ0v) is 12.8. The zero-order valence-electron chi connectivity index (χ0n) is 10.4. The van der Waals surface area contributed by atoms with Gasteiger partial charge in [-0.15, -0.1) is 0 Å². The van der Waals surface area contributed by atoms with Crippen molar-refractivity contribution in [1.29, 1.82) is 0 Å². The molecule has 20 heavy (non-hydrogen) atoms. The van der Waals surface area contributed by atoms with Crippen molar-refractivity contribution in [3.05, 3.63) is 23.5 Å². The third-order valence-corrected chi connectivity index (χ3v) is 6.38. The van der Waals surface area contributed by atoms with Crippen LogP contribution in [-0.2, 0) is 14.8 Å². The van der Waals surface area contributed by atoms with Crippen LogP contribution in [0.4, 0.5) is 0 Å². The average molecular weight is 337 g/mol. The zero-order chi connectivity index (χ0) is 14.8. The Morgan fingerprint density at radius 2 is 2.35 bits per heavy atom. The molecule has 0 aromatic carbocycles. The van der Waals surface area contributed by atoms with E-state index >= 15 is 0 Å². The lowest BCUT2D eigenvalue weighted by Gasteiger charge is -2.33. The van der Waals surface area contributed by atoms with Gasteiger partial charge in [-0.2, -0.15) is 16.1 Å². The number of hydrogen-bond donors (Lipinski definition) is 1. The van der Waals surface area contributed by atoms with Gasteiger partial charge in [-0.1, -0.05) is 11.6 Å². The molecule has 0 amide bonds. The number of aromatic nitrogens is 1. The van der Waals surface area contributed by atoms with E-state index in [0.29, 0.717) is 11.5 Å². The molecule has 110 valence electrons. The lowest BCUT2D eigenvalue weighted by atomic mass is 10.2. The van der Waals surface area contributed by atoms with Crippen molar-refractivity contribution in [1.82, 2.24) is 9.29 Å². The summed E-state index contributed by atoms with van der Waals surface area (Å²) < 4.78 is 26.4. The van der Waals surface area contributed by atoms with E-state index in [1.807, 2.05) is 0 Å². The van der Waals surface area contributed by atoms with Gasteiger partial charge in [0.25, 0.3) is 0 Å². The third kappa shape index (κ3) is 3.25. The van der Waals surface area contributed by atoms with E-state index < -0.39 is 22.0 Å². The summed E-state index contributed by atoms with van der Waals surface area (Å²) in [5.41, 5.74) is 0. The van der Waals surface area contributed by atoms with E-state index in [4.69, 9.17) is 16.7 Å². The number of hydrogen-bond acceptors (Lipinski definition) is 5. The molecule has 1 fully saturated rings. The molecule has 1 unspecified atom stereocenters. The van der Waals surface area contributed by atoms with Crippen molar-refractivity contribution >= 4 is 39.4 Å². The number of rotatable bonds is 4. The molecule has 0 spiro atoms. The number of halogens is 1. The van der Waals surface area contributed by atoms with Crippen LogP contribution in [0.2, 0.25) is 5.15 Å². The maximum absolute atomic E-state index is 12.6. The molecular weight excluding hydrogens is 324 g/mol. The molecule has 0 radical (unpaired) electrons. The van der Waals surface area contributed by atoms with Gasteiger partial charge >= 0.3 is 5.97 Å². The minimum Gasteiger partial charge on any atom is -0.481 e. The van der Waals surface area contributed by atoms with Gasteiger partial charge in [0.2, 0.25) is 10.0 Å². The summed E-state index contributed by atoms with van der Waals surface area (Å²) in [5.74, 6) is 0.0754. The van der Waals surface area contributed by atoms with E-state index in [1.165, 1.54) is 22.6 Å². The maximum atomic E-state index is 12.6. The lowest BCUT2D eigenvalue weighted by molar-refractivity contribution is -0.137. The number of carbonyl (C=O) groups is 1. The summed E-state index contributed by atoms with van der Waals surface area (Å²) in [5, 5.41) is 8.81. The maximum Gasteiger partial charge on any atom is 0.305 e. The molecule has 6 nitrogen and oxygen atoms in total. The Morgan fingerprint density at radius 1 is 1.60 bits per heavy atom. The molecular formula is C11H13ClN2O4S2. The largest absolute Gasteiger partial charge is 0.481 e. The number of carboxylic acids is 1. The fourth-order valence-electron chi connectivity index (χ4n) is 2.01. The minimum absolute atomic E-state index is 0.0797. The van der Waals surface area contributed by atoms with Crippen LogP contribution in [0.3, 0.4) is 0 Å². The molecule has 1 aromatic rings. The lowest BCUT2D eigenvalue weighted by Crippen LogP contribution is -2.47. The van der Waals surface area contributed by atoms with Crippen LogP contribution in [0.25, 0.3) is 0 Å². The molecule has 1 aliphatic heterocycles. The van der Waals surface area contributed by atoms with Gasteiger partial charge in [0, 0.05) is 30.3 Å². The highest BCUT2D eigenvalue weighted by molar-refractivity contribution is 7.99. The van der Waals surface area contributed by atoms with Crippen molar-refractivity contribution in [2.75, 3.05) is 18.1 Å². The Labute approximate surface area is 126 Å². The highest BCUT2D eigenvalue weighted by Gasteiger charge is 2.36. The number of thioether (sulfide) groups is 1. The molecule has 1 saturated heterocycles. The van der Waals surface area contributed by atoms with E-state index in [0.717, 1.165) is 0 Å². The monoisotopic (exact) mass is 336 g/mol. The summed E-state index contributed by atoms with van der Waals surface area (Å²) in [6, 6.07) is 2.31. The Kier molecular flexibility index (Phi) is 4.90. The number of pyridine rings is 1. The average Bonchev–Trinajstić information content (AvgIpc) is 2.38. The molecule has 1 N–H and O–H groups in total. The van der Waals surface area contributed by atoms with Crippen molar-refractivity contribution < 1.29 is 18.3 Å². The van der Waals surface area contributed by atoms with Gasteiger partial charge in [-0.25, -0.2) is 13.4 Å². The summed E-state index contributed by atoms with van der Waals surface area (Å²) in [7, 11) is -3.83. The van der Waals surface area contributed by atoms with E-state index in [1.54, 1.807) is 11.8 Å². The fraction of sp³-hybridized carbons (Fsp3) is 0.455. The summed E-state index contributed by atoms with van der Waals surface area (Å²) in [6.45, 7) is 0.274. The van der Waals surface area contributed by atoms with Crippen LogP contribution in [0.15, 0.2) is 23.2 Å². The summed E-state index contributed by atoms with van der Waals surface area (Å²) >= 11 is 7.39. The van der Waals surface area contributed by atoms with Gasteiger partial charge in [-0.05, 0) is 12.1 Å². The Bertz CT molecular complexity index is 608. The van der Waals surface area contributed by atoms with Crippen LogP contribution < -0.4 is 0 Å². The summed E-state index contributed by atoms with van der Waals surface area (Å²) in [4.78, 5) is 14.6. The quantitative estimate of drug-likeness (QED) is 0.834. The molecule has 1 aliphatic rings. The molecule has 0 saturated carbocycles. The van der Waals surface area contributed by atoms with Crippen LogP contribution in [0.1, 0.15) is 6.42 Å². The third-order valence-electron chi connectivity index (χ3n) is 2.90. The number of aliphatic carboxylic acids is 1. The van der Waals surface area contributed by atoms with Gasteiger partial charge in [0.15, 0.2) is 0 Å². The Hall–Kier alpha value is -0.830. The first kappa shape index (κ1) is 15.6. The van der Waals surface area contributed by atoms with Crippen LogP contribution >= 0.6 is 23.4 Å². The Morgan fingerprint density at radius 3 is 3.00 bits per heavy atom. The first-order chi connectivity index (χ1) is 9.43. The van der Waals surface area contributed by atoms with Gasteiger partial charge in [0.05, 0.1) is 6.42 Å². The predicted octanol–water partition coefficient (Wildman–Crippen LogP) is 1.32. The minimum atomic E-state index is -3.83. The smallest absolute Gasteiger partial charge is 0.305 e. The topological polar surface area (TPSA) is 87.6 Å². The van der Waals surface area contributed by atoms with Crippen molar-refractivity contribution in [3.63, 3.8) is 0 Å². The van der Waals surface area contributed by atoms with Crippen molar-refractivity contribution in [2.24, 2.45) is 0 Å². The number of nitrogens with zero attached hydrogens (tertiary/aromatic N) is 2. The molecule has 2 rings (SSSR count). The van der Waals surface area contributed by atoms with Crippen molar-refractivity contribution in [3.8, 4) is 0 Å². The molecule has 0 bridgehead atoms. The Balaban J connectivity index is 2.36. The van der Waals surface area contributed by atoms with Crippen LogP contribution in [0.5, 0.6) is 0 Å². The molecule has 1 atom stereocenters. The van der Waals surface area contributed by atoms with Crippen LogP contribution in [-0.4, -0.2) is 52.9 Å². The van der Waals surface area contributed by atoms with E-state index in [-0.39, 0.29) is 23.0 Å². The van der Waals surface area contributed by atoms with Gasteiger partial charge in [0.1, 0.15) is 10.0 Å². The molecule has 2 heterocycles. The number of carboxylic acid groups (broad SMARTS) is 1. The second-order valence-corrected chi connectivity index (χ2v) is 7.60. The van der Waals surface area contributed by atoms with Crippen LogP contribution in [0, 0.1) is 0 Å². The molecule has 0 aliphatic carbocycles. The first-order valence-corrected chi connectivity index (χ1v) is 8.82. The summed E-state index contributed by atoms with van der Waals surface area (Å²) in [6.07, 6.45) is 1.19. The van der Waals surface area contributed by atoms with Gasteiger partial charge in [-0.3, -0.25) is 4.79 Å². The highest BCUT2D eigenvalue weighted by atomic mass is 35.5. The normalized spacial score (nSPS) is 20.8. The second kappa shape index (κ2) is 6.30. The number of sulfonamides is 1. The highest BCUT2D eigenvalue weighted by Crippen LogP contribution is 2.28. The first-order valence-electron chi connectivity index (χ1n) is 5.85. The molecule has 1 aromatic heterocycles. The fourth-order valence-corrected chi connectivity index (χ4v) is 5.33. The van der Waals surface area contributed by atoms with E-state index in [9.17, 15) is 13.2 Å². The van der Waals surface area contributed by atoms with E-state index in [2.05, 4.69) is 4.98 Å². The standard InChI is InChI=1S/C11H13ClN2O4S2/c12-11-9(2-1-3-13-11)20(17,18)14-4-5-19-7-8(14)6-10(15)16/h1-3,8H,4-7H2,(H,15,16). The molecule has 9 heteroatoms. The second-order valence-electron chi connectivity index (χ2n) is 4.23. The SMILES string of the molecule is O=C(O)CC1CSCCN1S(=O)(=O)c1cccnc1Cl.